The monoisotopic (exact) mass is 468 g/mol. The molecule has 0 aliphatic carbocycles. The van der Waals surface area contributed by atoms with Crippen LogP contribution in [0.2, 0.25) is 0 Å². The van der Waals surface area contributed by atoms with E-state index in [1.54, 1.807) is 0 Å². The van der Waals surface area contributed by atoms with Gasteiger partial charge in [-0.25, -0.2) is 0 Å². The minimum absolute atomic E-state index is 0.0828. The molecule has 158 valence electrons. The van der Waals surface area contributed by atoms with Crippen molar-refractivity contribution in [2.75, 3.05) is 13.2 Å². The Hall–Kier alpha value is -0.960. The number of carbonyl (C=O) groups excluding carboxylic acids is 2. The van der Waals surface area contributed by atoms with E-state index in [1.807, 2.05) is 0 Å². The summed E-state index contributed by atoms with van der Waals surface area (Å²) in [6.07, 6.45) is -8.69. The molecule has 3 heterocycles. The molecule has 11 nitrogen and oxygen atoms in total. The standard InChI is InChI=1S/C16H22BrNO10/c17-6-3-18(11(22)1-7(6)20)12-2-8(21)10(27-12)5-26-16-15(25)14(24)13(23)9(4-19)28-16/h3,8-10,12-16,19,21,23-25H,1-2,4-5H2/t8-,9-,10-,12-,13+,14+,15-,16-/m1/s1/i17+0. The first-order valence-electron chi connectivity index (χ1n) is 8.70. The third-order valence-electron chi connectivity index (χ3n) is 4.91. The molecular weight excluding hydrogens is 446 g/mol. The molecule has 0 unspecified atom stereocenters. The molecule has 2 fully saturated rings. The molecule has 3 aliphatic rings. The Bertz CT molecular complexity index is 643. The molecule has 12 heteroatoms. The van der Waals surface area contributed by atoms with Gasteiger partial charge >= 0.3 is 0 Å². The zero-order valence-corrected chi connectivity index (χ0v) is 16.2. The van der Waals surface area contributed by atoms with E-state index in [0.29, 0.717) is 0 Å². The van der Waals surface area contributed by atoms with Crippen LogP contribution in [-0.2, 0) is 23.8 Å². The third kappa shape index (κ3) is 4.30. The first-order valence-corrected chi connectivity index (χ1v) is 9.49. The Kier molecular flexibility index (Phi) is 6.84. The molecule has 8 atom stereocenters. The van der Waals surface area contributed by atoms with Crippen LogP contribution in [0.5, 0.6) is 0 Å². The van der Waals surface area contributed by atoms with Crippen LogP contribution in [0.3, 0.4) is 0 Å². The van der Waals surface area contributed by atoms with E-state index in [4.69, 9.17) is 14.2 Å². The molecular formula is C16H22BrNO10. The minimum atomic E-state index is -1.58. The Morgan fingerprint density at radius 1 is 1.11 bits per heavy atom. The molecule has 0 saturated carbocycles. The number of aliphatic hydroxyl groups is 5. The average molecular weight is 468 g/mol. The van der Waals surface area contributed by atoms with Crippen molar-refractivity contribution < 1.29 is 49.3 Å². The highest BCUT2D eigenvalue weighted by molar-refractivity contribution is 9.12. The van der Waals surface area contributed by atoms with Crippen molar-refractivity contribution in [1.82, 2.24) is 4.90 Å². The quantitative estimate of drug-likeness (QED) is 0.268. The number of nitrogens with zero attached hydrogens (tertiary/aromatic N) is 1. The zero-order chi connectivity index (χ0) is 20.6. The molecule has 0 spiro atoms. The Morgan fingerprint density at radius 3 is 2.50 bits per heavy atom. The molecule has 0 radical (unpaired) electrons. The van der Waals surface area contributed by atoms with Crippen molar-refractivity contribution in [3.63, 3.8) is 0 Å². The van der Waals surface area contributed by atoms with Gasteiger partial charge in [0.25, 0.3) is 0 Å². The van der Waals surface area contributed by atoms with Crippen LogP contribution in [0.4, 0.5) is 0 Å². The van der Waals surface area contributed by atoms with Crippen LogP contribution in [0, 0.1) is 0 Å². The molecule has 1 amide bonds. The number of hydrogen-bond acceptors (Lipinski definition) is 10. The maximum Gasteiger partial charge on any atom is 0.236 e. The zero-order valence-electron chi connectivity index (χ0n) is 14.6. The SMILES string of the molecule is O=C1CC(=O)N([C@H]2C[C@@H](O)[C@@H](CO[C@@H]3O[C@H](CO)[C@H](O)[C@H](O)[C@H]3O)O2)C=C1[80Br]. The van der Waals surface area contributed by atoms with E-state index in [2.05, 4.69) is 15.9 Å². The first kappa shape index (κ1) is 21.7. The fourth-order valence-corrected chi connectivity index (χ4v) is 3.61. The molecule has 0 aromatic heterocycles. The van der Waals surface area contributed by atoms with E-state index >= 15 is 0 Å². The van der Waals surface area contributed by atoms with E-state index in [1.165, 1.54) is 11.1 Å². The first-order chi connectivity index (χ1) is 13.2. The van der Waals surface area contributed by atoms with Crippen molar-refractivity contribution in [3.05, 3.63) is 10.7 Å². The summed E-state index contributed by atoms with van der Waals surface area (Å²) in [6.45, 7) is -0.835. The van der Waals surface area contributed by atoms with Crippen LogP contribution in [-0.4, -0.2) is 104 Å². The van der Waals surface area contributed by atoms with Gasteiger partial charge in [-0.15, -0.1) is 0 Å². The number of ether oxygens (including phenoxy) is 3. The lowest BCUT2D eigenvalue weighted by molar-refractivity contribution is -0.306. The third-order valence-corrected chi connectivity index (χ3v) is 5.55. The number of hydrogen-bond donors (Lipinski definition) is 5. The smallest absolute Gasteiger partial charge is 0.236 e. The second kappa shape index (κ2) is 8.81. The van der Waals surface area contributed by atoms with Gasteiger partial charge in [0.2, 0.25) is 5.91 Å². The molecule has 0 bridgehead atoms. The van der Waals surface area contributed by atoms with Crippen molar-refractivity contribution in [2.24, 2.45) is 0 Å². The highest BCUT2D eigenvalue weighted by Gasteiger charge is 2.45. The van der Waals surface area contributed by atoms with Crippen molar-refractivity contribution in [2.45, 2.75) is 62.0 Å². The maximum absolute atomic E-state index is 12.1. The molecule has 5 N–H and O–H groups in total. The van der Waals surface area contributed by atoms with Gasteiger partial charge in [-0.05, 0) is 15.9 Å². The van der Waals surface area contributed by atoms with Gasteiger partial charge in [-0.3, -0.25) is 14.5 Å². The van der Waals surface area contributed by atoms with Gasteiger partial charge in [0.1, 0.15) is 36.7 Å². The summed E-state index contributed by atoms with van der Waals surface area (Å²) in [4.78, 5) is 24.8. The number of Topliss-reactive ketones (excluding diaryl/α,β-unsaturated/α-hetero) is 1. The Morgan fingerprint density at radius 2 is 1.82 bits per heavy atom. The second-order valence-electron chi connectivity index (χ2n) is 6.84. The summed E-state index contributed by atoms with van der Waals surface area (Å²) in [5.41, 5.74) is 0. The number of allylic oxidation sites excluding steroid dienone is 1. The Balaban J connectivity index is 1.58. The summed E-state index contributed by atoms with van der Waals surface area (Å²) < 4.78 is 16.5. The maximum atomic E-state index is 12.1. The fourth-order valence-electron chi connectivity index (χ4n) is 3.25. The van der Waals surface area contributed by atoms with Crippen LogP contribution >= 0.6 is 15.9 Å². The number of halogens is 1. The molecule has 3 rings (SSSR count). The number of amides is 1. The number of carbonyl (C=O) groups is 2. The summed E-state index contributed by atoms with van der Waals surface area (Å²) >= 11 is 3.08. The van der Waals surface area contributed by atoms with Crippen molar-refractivity contribution >= 4 is 27.6 Å². The summed E-state index contributed by atoms with van der Waals surface area (Å²) in [5, 5.41) is 48.9. The summed E-state index contributed by atoms with van der Waals surface area (Å²) in [5.74, 6) is -0.803. The highest BCUT2D eigenvalue weighted by Crippen LogP contribution is 2.29. The molecule has 0 aromatic carbocycles. The summed E-state index contributed by atoms with van der Waals surface area (Å²) in [6, 6.07) is 0. The highest BCUT2D eigenvalue weighted by atomic mass is 79.9. The topological polar surface area (TPSA) is 166 Å². The molecule has 28 heavy (non-hydrogen) atoms. The normalized spacial score (nSPS) is 42.1. The average Bonchev–Trinajstić information content (AvgIpc) is 3.02. The van der Waals surface area contributed by atoms with Gasteiger partial charge in [0, 0.05) is 12.6 Å². The number of ketones is 1. The lowest BCUT2D eigenvalue weighted by Gasteiger charge is -2.39. The summed E-state index contributed by atoms with van der Waals surface area (Å²) in [7, 11) is 0. The van der Waals surface area contributed by atoms with Gasteiger partial charge < -0.3 is 39.7 Å². The van der Waals surface area contributed by atoms with E-state index in [0.717, 1.165) is 0 Å². The predicted octanol–water partition coefficient (Wildman–Crippen LogP) is -2.68. The molecule has 3 aliphatic heterocycles. The van der Waals surface area contributed by atoms with E-state index < -0.39 is 61.7 Å². The Labute approximate surface area is 168 Å². The van der Waals surface area contributed by atoms with E-state index in [9.17, 15) is 35.1 Å². The van der Waals surface area contributed by atoms with E-state index in [-0.39, 0.29) is 29.7 Å². The number of aliphatic hydroxyl groups excluding tert-OH is 5. The molecule has 0 aromatic rings. The van der Waals surface area contributed by atoms with Crippen LogP contribution in [0.15, 0.2) is 10.7 Å². The van der Waals surface area contributed by atoms with Crippen LogP contribution in [0.1, 0.15) is 12.8 Å². The van der Waals surface area contributed by atoms with Gasteiger partial charge in [0.15, 0.2) is 12.1 Å². The van der Waals surface area contributed by atoms with Crippen LogP contribution in [0.25, 0.3) is 0 Å². The van der Waals surface area contributed by atoms with Crippen LogP contribution < -0.4 is 0 Å². The number of rotatable bonds is 5. The van der Waals surface area contributed by atoms with Gasteiger partial charge in [-0.1, -0.05) is 0 Å². The predicted molar refractivity (Wildman–Crippen MR) is 92.5 cm³/mol. The fraction of sp³-hybridized carbons (Fsp3) is 0.750. The lowest BCUT2D eigenvalue weighted by atomic mass is 9.99. The lowest BCUT2D eigenvalue weighted by Crippen LogP contribution is -2.59. The largest absolute Gasteiger partial charge is 0.394 e. The van der Waals surface area contributed by atoms with Gasteiger partial charge in [-0.2, -0.15) is 0 Å². The molecule has 2 saturated heterocycles. The van der Waals surface area contributed by atoms with Crippen molar-refractivity contribution in [3.8, 4) is 0 Å². The van der Waals surface area contributed by atoms with Crippen molar-refractivity contribution in [1.29, 1.82) is 0 Å². The minimum Gasteiger partial charge on any atom is -0.394 e. The second-order valence-corrected chi connectivity index (χ2v) is 7.70. The van der Waals surface area contributed by atoms with Gasteiger partial charge in [0.05, 0.1) is 30.2 Å².